The van der Waals surface area contributed by atoms with Crippen molar-refractivity contribution in [2.75, 3.05) is 31.1 Å². The molecule has 0 radical (unpaired) electrons. The van der Waals surface area contributed by atoms with Gasteiger partial charge in [0.15, 0.2) is 0 Å². The highest BCUT2D eigenvalue weighted by atomic mass is 35.5. The molecule has 3 rings (SSSR count). The van der Waals surface area contributed by atoms with Crippen LogP contribution in [0.25, 0.3) is 0 Å². The summed E-state index contributed by atoms with van der Waals surface area (Å²) in [4.78, 5) is 14.3. The number of carbonyl (C=O) groups excluding carboxylic acids is 1. The van der Waals surface area contributed by atoms with Crippen molar-refractivity contribution in [3.05, 3.63) is 29.3 Å². The lowest BCUT2D eigenvalue weighted by atomic mass is 10.1. The lowest BCUT2D eigenvalue weighted by molar-refractivity contribution is -0.121. The Morgan fingerprint density at radius 2 is 2.13 bits per heavy atom. The number of carbonyl (C=O) groups is 1. The number of nitrogens with zero attached hydrogens (tertiary/aromatic N) is 1. The summed E-state index contributed by atoms with van der Waals surface area (Å²) in [6.45, 7) is 3.66. The number of hydrogen-bond acceptors (Lipinski definition) is 3. The summed E-state index contributed by atoms with van der Waals surface area (Å²) >= 11 is 5.93. The van der Waals surface area contributed by atoms with Gasteiger partial charge in [-0.1, -0.05) is 11.6 Å². The van der Waals surface area contributed by atoms with Gasteiger partial charge in [0.05, 0.1) is 6.10 Å². The Kier molecular flexibility index (Phi) is 5.79. The van der Waals surface area contributed by atoms with Gasteiger partial charge in [-0.2, -0.15) is 0 Å². The first kappa shape index (κ1) is 16.6. The maximum absolute atomic E-state index is 12.0. The molecular weight excluding hydrogens is 312 g/mol. The molecular formula is C18H25ClN2O2. The Balaban J connectivity index is 1.36. The van der Waals surface area contributed by atoms with Crippen molar-refractivity contribution in [2.24, 2.45) is 5.92 Å². The van der Waals surface area contributed by atoms with Crippen molar-refractivity contribution in [1.82, 2.24) is 5.32 Å². The number of hydrogen-bond donors (Lipinski definition) is 1. The van der Waals surface area contributed by atoms with Gasteiger partial charge in [0.1, 0.15) is 0 Å². The maximum atomic E-state index is 12.0. The molecule has 2 fully saturated rings. The monoisotopic (exact) mass is 336 g/mol. The molecule has 2 aliphatic rings. The van der Waals surface area contributed by atoms with Gasteiger partial charge in [0.2, 0.25) is 5.91 Å². The van der Waals surface area contributed by atoms with Crippen molar-refractivity contribution < 1.29 is 9.53 Å². The number of amides is 1. The van der Waals surface area contributed by atoms with E-state index in [0.717, 1.165) is 56.9 Å². The van der Waals surface area contributed by atoms with E-state index in [0.29, 0.717) is 18.4 Å². The molecule has 0 aromatic heterocycles. The minimum Gasteiger partial charge on any atom is -0.378 e. The third-order valence-corrected chi connectivity index (χ3v) is 5.03. The minimum atomic E-state index is 0.158. The average Bonchev–Trinajstić information content (AvgIpc) is 3.23. The molecule has 5 heteroatoms. The van der Waals surface area contributed by atoms with Gasteiger partial charge in [-0.05, 0) is 55.9 Å². The Bertz CT molecular complexity index is 514. The normalized spacial score (nSPS) is 24.1. The van der Waals surface area contributed by atoms with Crippen molar-refractivity contribution in [3.63, 3.8) is 0 Å². The van der Waals surface area contributed by atoms with Crippen molar-refractivity contribution in [1.29, 1.82) is 0 Å². The van der Waals surface area contributed by atoms with E-state index in [-0.39, 0.29) is 5.91 Å². The summed E-state index contributed by atoms with van der Waals surface area (Å²) in [5.74, 6) is 0.683. The summed E-state index contributed by atoms with van der Waals surface area (Å²) in [6.07, 6.45) is 5.09. The van der Waals surface area contributed by atoms with Crippen molar-refractivity contribution in [3.8, 4) is 0 Å². The van der Waals surface area contributed by atoms with Crippen LogP contribution in [0.15, 0.2) is 24.3 Å². The Labute approximate surface area is 143 Å². The smallest absolute Gasteiger partial charge is 0.220 e. The van der Waals surface area contributed by atoms with E-state index < -0.39 is 0 Å². The second-order valence-electron chi connectivity index (χ2n) is 6.55. The number of rotatable bonds is 6. The topological polar surface area (TPSA) is 41.6 Å². The van der Waals surface area contributed by atoms with E-state index in [9.17, 15) is 4.79 Å². The third-order valence-electron chi connectivity index (χ3n) is 4.78. The van der Waals surface area contributed by atoms with Gasteiger partial charge in [-0.25, -0.2) is 0 Å². The van der Waals surface area contributed by atoms with Crippen LogP contribution in [0.2, 0.25) is 5.02 Å². The molecule has 0 unspecified atom stereocenters. The molecule has 0 aliphatic carbocycles. The van der Waals surface area contributed by atoms with Gasteiger partial charge in [-0.15, -0.1) is 0 Å². The first-order chi connectivity index (χ1) is 11.2. The van der Waals surface area contributed by atoms with E-state index in [1.165, 1.54) is 5.69 Å². The van der Waals surface area contributed by atoms with E-state index in [1.807, 2.05) is 12.1 Å². The first-order valence-corrected chi connectivity index (χ1v) is 8.97. The summed E-state index contributed by atoms with van der Waals surface area (Å²) in [5.41, 5.74) is 1.21. The molecule has 4 nitrogen and oxygen atoms in total. The van der Waals surface area contributed by atoms with Crippen molar-refractivity contribution >= 4 is 23.2 Å². The van der Waals surface area contributed by atoms with Crippen molar-refractivity contribution in [2.45, 2.75) is 38.2 Å². The van der Waals surface area contributed by atoms with E-state index in [1.54, 1.807) is 0 Å². The van der Waals surface area contributed by atoms with Gasteiger partial charge in [0, 0.05) is 43.4 Å². The number of anilines is 1. The fourth-order valence-electron chi connectivity index (χ4n) is 3.40. The first-order valence-electron chi connectivity index (χ1n) is 8.59. The Morgan fingerprint density at radius 3 is 2.87 bits per heavy atom. The maximum Gasteiger partial charge on any atom is 0.220 e. The summed E-state index contributed by atoms with van der Waals surface area (Å²) in [6, 6.07) is 7.98. The molecule has 1 aromatic rings. The van der Waals surface area contributed by atoms with Crippen LogP contribution in [0.1, 0.15) is 32.1 Å². The summed E-state index contributed by atoms with van der Waals surface area (Å²) < 4.78 is 5.56. The SMILES string of the molecule is O=C(CC[C@H]1CCCO1)NC[C@H]1CCN(c2ccc(Cl)cc2)C1. The van der Waals surface area contributed by atoms with Crippen LogP contribution in [-0.2, 0) is 9.53 Å². The van der Waals surface area contributed by atoms with Crippen LogP contribution in [0.4, 0.5) is 5.69 Å². The molecule has 1 N–H and O–H groups in total. The Hall–Kier alpha value is -1.26. The highest BCUT2D eigenvalue weighted by Gasteiger charge is 2.23. The molecule has 23 heavy (non-hydrogen) atoms. The van der Waals surface area contributed by atoms with Gasteiger partial charge in [0.25, 0.3) is 0 Å². The van der Waals surface area contributed by atoms with E-state index >= 15 is 0 Å². The van der Waals surface area contributed by atoms with E-state index in [4.69, 9.17) is 16.3 Å². The zero-order chi connectivity index (χ0) is 16.1. The fraction of sp³-hybridized carbons (Fsp3) is 0.611. The van der Waals surface area contributed by atoms with Crippen LogP contribution in [0.5, 0.6) is 0 Å². The Morgan fingerprint density at radius 1 is 1.30 bits per heavy atom. The average molecular weight is 337 g/mol. The number of halogens is 1. The fourth-order valence-corrected chi connectivity index (χ4v) is 3.52. The molecule has 1 amide bonds. The summed E-state index contributed by atoms with van der Waals surface area (Å²) in [7, 11) is 0. The zero-order valence-corrected chi connectivity index (χ0v) is 14.2. The quantitative estimate of drug-likeness (QED) is 0.867. The van der Waals surface area contributed by atoms with Crippen LogP contribution < -0.4 is 10.2 Å². The standard InChI is InChI=1S/C18H25ClN2O2/c19-15-3-5-16(6-4-15)21-10-9-14(13-21)12-20-18(22)8-7-17-2-1-11-23-17/h3-6,14,17H,1-2,7-13H2,(H,20,22)/t14-,17-/m1/s1. The van der Waals surface area contributed by atoms with E-state index in [2.05, 4.69) is 22.3 Å². The molecule has 1 aromatic carbocycles. The molecule has 2 heterocycles. The second kappa shape index (κ2) is 8.02. The van der Waals surface area contributed by atoms with Crippen LogP contribution in [0.3, 0.4) is 0 Å². The molecule has 0 saturated carbocycles. The van der Waals surface area contributed by atoms with Gasteiger partial charge in [-0.3, -0.25) is 4.79 Å². The molecule has 126 valence electrons. The predicted octanol–water partition coefficient (Wildman–Crippen LogP) is 3.24. The van der Waals surface area contributed by atoms with Crippen LogP contribution in [-0.4, -0.2) is 38.3 Å². The molecule has 2 atom stereocenters. The van der Waals surface area contributed by atoms with Crippen LogP contribution >= 0.6 is 11.6 Å². The minimum absolute atomic E-state index is 0.158. The lowest BCUT2D eigenvalue weighted by Gasteiger charge is -2.19. The summed E-state index contributed by atoms with van der Waals surface area (Å²) in [5, 5.41) is 3.85. The number of ether oxygens (including phenoxy) is 1. The van der Waals surface area contributed by atoms with Crippen LogP contribution in [0, 0.1) is 5.92 Å². The molecule has 2 aliphatic heterocycles. The zero-order valence-electron chi connectivity index (χ0n) is 13.5. The number of benzene rings is 1. The van der Waals surface area contributed by atoms with Gasteiger partial charge < -0.3 is 15.0 Å². The number of nitrogens with one attached hydrogen (secondary N) is 1. The third kappa shape index (κ3) is 4.85. The van der Waals surface area contributed by atoms with Gasteiger partial charge >= 0.3 is 0 Å². The highest BCUT2D eigenvalue weighted by Crippen LogP contribution is 2.25. The second-order valence-corrected chi connectivity index (χ2v) is 6.99. The molecule has 0 spiro atoms. The largest absolute Gasteiger partial charge is 0.378 e. The molecule has 2 saturated heterocycles. The molecule has 0 bridgehead atoms. The highest BCUT2D eigenvalue weighted by molar-refractivity contribution is 6.30. The lowest BCUT2D eigenvalue weighted by Crippen LogP contribution is -2.31. The predicted molar refractivity (Wildman–Crippen MR) is 93.0 cm³/mol.